The Morgan fingerprint density at radius 3 is 3.00 bits per heavy atom. The van der Waals surface area contributed by atoms with Crippen LogP contribution in [0.15, 0.2) is 10.9 Å². The van der Waals surface area contributed by atoms with E-state index in [2.05, 4.69) is 27.6 Å². The zero-order valence-electron chi connectivity index (χ0n) is 10.7. The number of nitrogens with one attached hydrogen (secondary N) is 1. The number of hydrogen-bond donors (Lipinski definition) is 1. The predicted molar refractivity (Wildman–Crippen MR) is 73.3 cm³/mol. The first-order valence-corrected chi connectivity index (χ1v) is 7.55. The third kappa shape index (κ3) is 4.74. The van der Waals surface area contributed by atoms with Crippen LogP contribution in [0, 0.1) is 5.92 Å². The van der Waals surface area contributed by atoms with Gasteiger partial charge >= 0.3 is 0 Å². The molecule has 2 heterocycles. The van der Waals surface area contributed by atoms with E-state index >= 15 is 0 Å². The summed E-state index contributed by atoms with van der Waals surface area (Å²) < 4.78 is 0. The molecule has 17 heavy (non-hydrogen) atoms. The highest BCUT2D eigenvalue weighted by molar-refractivity contribution is 7.07. The van der Waals surface area contributed by atoms with Gasteiger partial charge in [-0.05, 0) is 58.3 Å². The fourth-order valence-electron chi connectivity index (χ4n) is 2.49. The molecule has 1 aromatic rings. The maximum Gasteiger partial charge on any atom is 0.0795 e. The van der Waals surface area contributed by atoms with Crippen molar-refractivity contribution >= 4 is 11.3 Å². The van der Waals surface area contributed by atoms with E-state index in [-0.39, 0.29) is 0 Å². The molecule has 1 aliphatic rings. The molecule has 0 bridgehead atoms. The molecule has 0 saturated carbocycles. The fourth-order valence-corrected chi connectivity index (χ4v) is 3.04. The fraction of sp³-hybridized carbons (Fsp3) is 0.769. The highest BCUT2D eigenvalue weighted by atomic mass is 32.1. The van der Waals surface area contributed by atoms with E-state index in [0.29, 0.717) is 0 Å². The lowest BCUT2D eigenvalue weighted by Crippen LogP contribution is -2.28. The second-order valence-corrected chi connectivity index (χ2v) is 5.77. The topological polar surface area (TPSA) is 28.2 Å². The summed E-state index contributed by atoms with van der Waals surface area (Å²) >= 11 is 1.68. The van der Waals surface area contributed by atoms with Crippen molar-refractivity contribution in [3.8, 4) is 0 Å². The zero-order chi connectivity index (χ0) is 11.9. The van der Waals surface area contributed by atoms with Crippen LogP contribution >= 0.6 is 11.3 Å². The van der Waals surface area contributed by atoms with Crippen LogP contribution < -0.4 is 5.32 Å². The normalized spacial score (nSPS) is 17.8. The smallest absolute Gasteiger partial charge is 0.0795 e. The molecule has 1 N–H and O–H groups in total. The van der Waals surface area contributed by atoms with Crippen LogP contribution in [-0.2, 0) is 6.54 Å². The van der Waals surface area contributed by atoms with Crippen LogP contribution in [0.2, 0.25) is 0 Å². The van der Waals surface area contributed by atoms with Gasteiger partial charge in [0.1, 0.15) is 0 Å². The lowest BCUT2D eigenvalue weighted by Gasteiger charge is -2.23. The summed E-state index contributed by atoms with van der Waals surface area (Å²) in [5.41, 5.74) is 3.12. The summed E-state index contributed by atoms with van der Waals surface area (Å²) in [5.74, 6) is 0.962. The molecule has 3 nitrogen and oxygen atoms in total. The van der Waals surface area contributed by atoms with Crippen LogP contribution in [0.25, 0.3) is 0 Å². The van der Waals surface area contributed by atoms with Crippen molar-refractivity contribution in [3.63, 3.8) is 0 Å². The molecule has 2 rings (SSSR count). The molecular formula is C13H23N3S. The molecule has 0 amide bonds. The molecule has 96 valence electrons. The molecule has 1 fully saturated rings. The Morgan fingerprint density at radius 2 is 2.29 bits per heavy atom. The average molecular weight is 253 g/mol. The first-order chi connectivity index (χ1) is 8.34. The first-order valence-electron chi connectivity index (χ1n) is 6.61. The van der Waals surface area contributed by atoms with E-state index < -0.39 is 0 Å². The van der Waals surface area contributed by atoms with Gasteiger partial charge in [0.15, 0.2) is 0 Å². The molecule has 1 aliphatic heterocycles. The summed E-state index contributed by atoms with van der Waals surface area (Å²) in [5, 5.41) is 5.57. The number of hydrogen-bond acceptors (Lipinski definition) is 4. The van der Waals surface area contributed by atoms with Crippen LogP contribution in [0.1, 0.15) is 31.4 Å². The van der Waals surface area contributed by atoms with Crippen molar-refractivity contribution in [2.24, 2.45) is 5.92 Å². The molecule has 0 radical (unpaired) electrons. The second-order valence-electron chi connectivity index (χ2n) is 5.05. The summed E-state index contributed by atoms with van der Waals surface area (Å²) in [6, 6.07) is 0. The molecule has 1 saturated heterocycles. The minimum atomic E-state index is 0.962. The summed E-state index contributed by atoms with van der Waals surface area (Å²) in [7, 11) is 2.20. The van der Waals surface area contributed by atoms with Crippen LogP contribution in [-0.4, -0.2) is 36.6 Å². The van der Waals surface area contributed by atoms with Gasteiger partial charge in [-0.25, -0.2) is 4.98 Å². The Kier molecular flexibility index (Phi) is 5.42. The van der Waals surface area contributed by atoms with Crippen molar-refractivity contribution in [2.45, 2.75) is 32.2 Å². The molecule has 0 spiro atoms. The van der Waals surface area contributed by atoms with Gasteiger partial charge in [-0.1, -0.05) is 0 Å². The summed E-state index contributed by atoms with van der Waals surface area (Å²) in [6.45, 7) is 4.63. The maximum atomic E-state index is 4.32. The van der Waals surface area contributed by atoms with Crippen molar-refractivity contribution in [1.82, 2.24) is 15.2 Å². The second kappa shape index (κ2) is 7.09. The SMILES string of the molecule is CN(CCCC1CCNCC1)Cc1cscn1. The van der Waals surface area contributed by atoms with Crippen molar-refractivity contribution in [1.29, 1.82) is 0 Å². The average Bonchev–Trinajstić information content (AvgIpc) is 2.83. The Morgan fingerprint density at radius 1 is 1.47 bits per heavy atom. The predicted octanol–water partition coefficient (Wildman–Crippen LogP) is 2.35. The van der Waals surface area contributed by atoms with Gasteiger partial charge in [0.25, 0.3) is 0 Å². The largest absolute Gasteiger partial charge is 0.317 e. The molecule has 0 unspecified atom stereocenters. The van der Waals surface area contributed by atoms with Gasteiger partial charge in [0.2, 0.25) is 0 Å². The van der Waals surface area contributed by atoms with Crippen molar-refractivity contribution in [2.75, 3.05) is 26.7 Å². The molecule has 0 aliphatic carbocycles. The highest BCUT2D eigenvalue weighted by Gasteiger charge is 2.12. The lowest BCUT2D eigenvalue weighted by molar-refractivity contribution is 0.284. The van der Waals surface area contributed by atoms with Gasteiger partial charge < -0.3 is 10.2 Å². The third-order valence-corrected chi connectivity index (χ3v) is 4.16. The Hall–Kier alpha value is -0.450. The minimum absolute atomic E-state index is 0.962. The van der Waals surface area contributed by atoms with E-state index in [1.807, 2.05) is 5.51 Å². The zero-order valence-corrected chi connectivity index (χ0v) is 11.5. The monoisotopic (exact) mass is 253 g/mol. The third-order valence-electron chi connectivity index (χ3n) is 3.53. The Bertz CT molecular complexity index is 294. The highest BCUT2D eigenvalue weighted by Crippen LogP contribution is 2.17. The Labute approximate surface area is 108 Å². The summed E-state index contributed by atoms with van der Waals surface area (Å²) in [6.07, 6.45) is 5.46. The van der Waals surface area contributed by atoms with Gasteiger partial charge in [-0.3, -0.25) is 0 Å². The number of piperidine rings is 1. The molecule has 1 aromatic heterocycles. The number of aromatic nitrogens is 1. The molecular weight excluding hydrogens is 230 g/mol. The van der Waals surface area contributed by atoms with Gasteiger partial charge in [0, 0.05) is 11.9 Å². The van der Waals surface area contributed by atoms with Crippen LogP contribution in [0.5, 0.6) is 0 Å². The lowest BCUT2D eigenvalue weighted by atomic mass is 9.93. The first kappa shape index (κ1) is 13.0. The van der Waals surface area contributed by atoms with E-state index in [1.165, 1.54) is 51.0 Å². The van der Waals surface area contributed by atoms with Crippen LogP contribution in [0.4, 0.5) is 0 Å². The van der Waals surface area contributed by atoms with Crippen molar-refractivity contribution in [3.05, 3.63) is 16.6 Å². The van der Waals surface area contributed by atoms with E-state index in [0.717, 1.165) is 12.5 Å². The summed E-state index contributed by atoms with van der Waals surface area (Å²) in [4.78, 5) is 6.71. The maximum absolute atomic E-state index is 4.32. The number of rotatable bonds is 6. The Balaban J connectivity index is 1.58. The molecule has 0 aromatic carbocycles. The molecule has 0 atom stereocenters. The van der Waals surface area contributed by atoms with E-state index in [9.17, 15) is 0 Å². The van der Waals surface area contributed by atoms with Gasteiger partial charge in [0.05, 0.1) is 11.2 Å². The number of thiazole rings is 1. The molecule has 4 heteroatoms. The standard InChI is InChI=1S/C13H23N3S/c1-16(9-13-10-17-11-15-13)8-2-3-12-4-6-14-7-5-12/h10-12,14H,2-9H2,1H3. The minimum Gasteiger partial charge on any atom is -0.317 e. The quantitative estimate of drug-likeness (QED) is 0.843. The van der Waals surface area contributed by atoms with E-state index in [1.54, 1.807) is 11.3 Å². The van der Waals surface area contributed by atoms with Crippen molar-refractivity contribution < 1.29 is 0 Å². The number of nitrogens with zero attached hydrogens (tertiary/aromatic N) is 2. The van der Waals surface area contributed by atoms with Gasteiger partial charge in [-0.15, -0.1) is 11.3 Å². The van der Waals surface area contributed by atoms with E-state index in [4.69, 9.17) is 0 Å². The van der Waals surface area contributed by atoms with Gasteiger partial charge in [-0.2, -0.15) is 0 Å². The van der Waals surface area contributed by atoms with Crippen LogP contribution in [0.3, 0.4) is 0 Å².